The third-order valence-electron chi connectivity index (χ3n) is 4.26. The number of carbonyl (C=O) groups excluding carboxylic acids is 2. The number of hydrogen-bond donors (Lipinski definition) is 1. The summed E-state index contributed by atoms with van der Waals surface area (Å²) >= 11 is 0. The summed E-state index contributed by atoms with van der Waals surface area (Å²) in [6, 6.07) is 13.6. The molecule has 1 aliphatic heterocycles. The Labute approximate surface area is 135 Å². The Hall–Kier alpha value is -2.56. The van der Waals surface area contributed by atoms with E-state index in [0.717, 1.165) is 25.9 Å². The number of hydrogen-bond acceptors (Lipinski definition) is 3. The van der Waals surface area contributed by atoms with E-state index >= 15 is 0 Å². The molecule has 0 atom stereocenters. The first-order valence-electron chi connectivity index (χ1n) is 7.88. The topological polar surface area (TPSA) is 62.6 Å². The lowest BCUT2D eigenvalue weighted by atomic mass is 9.89. The highest BCUT2D eigenvalue weighted by atomic mass is 16.3. The molecular weight excluding hydrogens is 292 g/mol. The van der Waals surface area contributed by atoms with Gasteiger partial charge in [-0.15, -0.1) is 0 Å². The van der Waals surface area contributed by atoms with Crippen molar-refractivity contribution in [3.63, 3.8) is 0 Å². The Morgan fingerprint density at radius 1 is 1.09 bits per heavy atom. The number of carbonyl (C=O) groups is 2. The lowest BCUT2D eigenvalue weighted by molar-refractivity contribution is -0.131. The maximum Gasteiger partial charge on any atom is 0.287 e. The van der Waals surface area contributed by atoms with Gasteiger partial charge in [0, 0.05) is 13.1 Å². The third kappa shape index (κ3) is 3.80. The van der Waals surface area contributed by atoms with Crippen molar-refractivity contribution in [3.8, 4) is 0 Å². The second kappa shape index (κ2) is 7.13. The summed E-state index contributed by atoms with van der Waals surface area (Å²) in [6.45, 7) is 1.47. The molecule has 2 heterocycles. The van der Waals surface area contributed by atoms with Crippen molar-refractivity contribution >= 4 is 11.8 Å². The van der Waals surface area contributed by atoms with Gasteiger partial charge in [-0.2, -0.15) is 0 Å². The van der Waals surface area contributed by atoms with Gasteiger partial charge in [-0.3, -0.25) is 9.59 Å². The van der Waals surface area contributed by atoms with E-state index in [9.17, 15) is 9.59 Å². The fraction of sp³-hybridized carbons (Fsp3) is 0.333. The highest BCUT2D eigenvalue weighted by Gasteiger charge is 2.24. The zero-order valence-corrected chi connectivity index (χ0v) is 12.9. The molecule has 0 spiro atoms. The molecule has 0 bridgehead atoms. The molecule has 0 aliphatic carbocycles. The van der Waals surface area contributed by atoms with E-state index in [-0.39, 0.29) is 24.1 Å². The van der Waals surface area contributed by atoms with E-state index in [0.29, 0.717) is 5.92 Å². The Kier molecular flexibility index (Phi) is 4.76. The molecule has 1 aromatic carbocycles. The van der Waals surface area contributed by atoms with Crippen molar-refractivity contribution in [1.29, 1.82) is 0 Å². The molecule has 1 N–H and O–H groups in total. The van der Waals surface area contributed by atoms with Crippen LogP contribution in [0.5, 0.6) is 0 Å². The molecule has 0 unspecified atom stereocenters. The van der Waals surface area contributed by atoms with Crippen molar-refractivity contribution in [3.05, 3.63) is 60.1 Å². The van der Waals surface area contributed by atoms with Crippen LogP contribution < -0.4 is 5.32 Å². The van der Waals surface area contributed by atoms with Crippen molar-refractivity contribution < 1.29 is 14.0 Å². The van der Waals surface area contributed by atoms with Crippen molar-refractivity contribution in [2.75, 3.05) is 19.6 Å². The first-order chi connectivity index (χ1) is 11.2. The standard InChI is InChI=1S/C18H20N2O3/c21-17(13-19-18(22)16-7-4-12-23-16)20-10-8-15(9-11-20)14-5-2-1-3-6-14/h1-7,12,15H,8-11,13H2,(H,19,22). The van der Waals surface area contributed by atoms with Crippen LogP contribution in [0, 0.1) is 0 Å². The van der Waals surface area contributed by atoms with Gasteiger partial charge in [0.15, 0.2) is 5.76 Å². The summed E-state index contributed by atoms with van der Waals surface area (Å²) in [7, 11) is 0. The third-order valence-corrected chi connectivity index (χ3v) is 4.26. The Bertz CT molecular complexity index is 644. The van der Waals surface area contributed by atoms with Crippen LogP contribution in [-0.4, -0.2) is 36.3 Å². The maximum absolute atomic E-state index is 12.2. The van der Waals surface area contributed by atoms with Crippen LogP contribution >= 0.6 is 0 Å². The molecule has 5 nitrogen and oxygen atoms in total. The minimum Gasteiger partial charge on any atom is -0.459 e. The van der Waals surface area contributed by atoms with Crippen molar-refractivity contribution in [1.82, 2.24) is 10.2 Å². The van der Waals surface area contributed by atoms with E-state index in [4.69, 9.17) is 4.42 Å². The summed E-state index contributed by atoms with van der Waals surface area (Å²) in [4.78, 5) is 25.8. The molecule has 120 valence electrons. The summed E-state index contributed by atoms with van der Waals surface area (Å²) in [6.07, 6.45) is 3.36. The predicted molar refractivity (Wildman–Crippen MR) is 86.0 cm³/mol. The Morgan fingerprint density at radius 3 is 2.48 bits per heavy atom. The summed E-state index contributed by atoms with van der Waals surface area (Å²) in [5, 5.41) is 2.60. The van der Waals surface area contributed by atoms with Crippen LogP contribution in [0.3, 0.4) is 0 Å². The van der Waals surface area contributed by atoms with E-state index in [1.54, 1.807) is 12.1 Å². The van der Waals surface area contributed by atoms with Crippen LogP contribution in [0.25, 0.3) is 0 Å². The average Bonchev–Trinajstić information content (AvgIpc) is 3.15. The molecule has 0 saturated carbocycles. The lowest BCUT2D eigenvalue weighted by Gasteiger charge is -2.32. The number of likely N-dealkylation sites (tertiary alicyclic amines) is 1. The fourth-order valence-electron chi connectivity index (χ4n) is 2.95. The molecule has 2 aromatic rings. The van der Waals surface area contributed by atoms with Crippen LogP contribution in [0.1, 0.15) is 34.9 Å². The number of rotatable bonds is 4. The highest BCUT2D eigenvalue weighted by Crippen LogP contribution is 2.27. The summed E-state index contributed by atoms with van der Waals surface area (Å²) in [5.74, 6) is 0.331. The minimum atomic E-state index is -0.359. The van der Waals surface area contributed by atoms with Gasteiger partial charge >= 0.3 is 0 Å². The number of piperidine rings is 1. The van der Waals surface area contributed by atoms with E-state index < -0.39 is 0 Å². The molecule has 3 rings (SSSR count). The van der Waals surface area contributed by atoms with E-state index in [1.807, 2.05) is 11.0 Å². The van der Waals surface area contributed by atoms with Crippen LogP contribution in [0.15, 0.2) is 53.1 Å². The first kappa shape index (κ1) is 15.3. The highest BCUT2D eigenvalue weighted by molar-refractivity contribution is 5.94. The SMILES string of the molecule is O=C(NCC(=O)N1CCC(c2ccccc2)CC1)c1ccco1. The zero-order chi connectivity index (χ0) is 16.1. The first-order valence-corrected chi connectivity index (χ1v) is 7.88. The average molecular weight is 312 g/mol. The zero-order valence-electron chi connectivity index (χ0n) is 12.9. The summed E-state index contributed by atoms with van der Waals surface area (Å²) in [5.41, 5.74) is 1.34. The lowest BCUT2D eigenvalue weighted by Crippen LogP contribution is -2.43. The minimum absolute atomic E-state index is 0.00946. The molecule has 0 radical (unpaired) electrons. The summed E-state index contributed by atoms with van der Waals surface area (Å²) < 4.78 is 5.00. The number of furan rings is 1. The number of nitrogens with one attached hydrogen (secondary N) is 1. The van der Waals surface area contributed by atoms with Gasteiger partial charge in [0.25, 0.3) is 5.91 Å². The van der Waals surface area contributed by atoms with E-state index in [1.165, 1.54) is 11.8 Å². The van der Waals surface area contributed by atoms with Crippen molar-refractivity contribution in [2.45, 2.75) is 18.8 Å². The smallest absolute Gasteiger partial charge is 0.287 e. The number of benzene rings is 1. The quantitative estimate of drug-likeness (QED) is 0.943. The molecule has 1 aromatic heterocycles. The van der Waals surface area contributed by atoms with Gasteiger partial charge in [-0.05, 0) is 36.5 Å². The van der Waals surface area contributed by atoms with Gasteiger partial charge in [0.05, 0.1) is 12.8 Å². The monoisotopic (exact) mass is 312 g/mol. The van der Waals surface area contributed by atoms with Gasteiger partial charge in [0.2, 0.25) is 5.91 Å². The fourth-order valence-corrected chi connectivity index (χ4v) is 2.95. The molecule has 2 amide bonds. The maximum atomic E-state index is 12.2. The second-order valence-corrected chi connectivity index (χ2v) is 5.73. The molecular formula is C18H20N2O3. The normalized spacial score (nSPS) is 15.4. The van der Waals surface area contributed by atoms with Crippen LogP contribution in [0.4, 0.5) is 0 Å². The number of nitrogens with zero attached hydrogens (tertiary/aromatic N) is 1. The predicted octanol–water partition coefficient (Wildman–Crippen LogP) is 2.42. The second-order valence-electron chi connectivity index (χ2n) is 5.73. The molecule has 23 heavy (non-hydrogen) atoms. The van der Waals surface area contributed by atoms with Crippen LogP contribution in [-0.2, 0) is 4.79 Å². The van der Waals surface area contributed by atoms with Gasteiger partial charge in [-0.1, -0.05) is 30.3 Å². The molecule has 1 aliphatic rings. The Morgan fingerprint density at radius 2 is 1.83 bits per heavy atom. The Balaban J connectivity index is 1.46. The van der Waals surface area contributed by atoms with Gasteiger partial charge in [0.1, 0.15) is 0 Å². The number of amides is 2. The van der Waals surface area contributed by atoms with Crippen LogP contribution in [0.2, 0.25) is 0 Å². The van der Waals surface area contributed by atoms with Gasteiger partial charge < -0.3 is 14.6 Å². The molecule has 1 saturated heterocycles. The molecule has 1 fully saturated rings. The van der Waals surface area contributed by atoms with Crippen molar-refractivity contribution in [2.24, 2.45) is 0 Å². The van der Waals surface area contributed by atoms with Gasteiger partial charge in [-0.25, -0.2) is 0 Å². The van der Waals surface area contributed by atoms with E-state index in [2.05, 4.69) is 29.6 Å². The largest absolute Gasteiger partial charge is 0.459 e. The molecule has 5 heteroatoms.